The molecule has 0 radical (unpaired) electrons. The lowest BCUT2D eigenvalue weighted by Gasteiger charge is -2.21. The third-order valence-electron chi connectivity index (χ3n) is 20.0. The van der Waals surface area contributed by atoms with Gasteiger partial charge in [0.15, 0.2) is 12.2 Å². The van der Waals surface area contributed by atoms with Crippen LogP contribution in [0, 0.1) is 11.8 Å². The van der Waals surface area contributed by atoms with E-state index in [4.69, 9.17) is 37.0 Å². The maximum absolute atomic E-state index is 13.1. The van der Waals surface area contributed by atoms with Crippen molar-refractivity contribution < 1.29 is 80.2 Å². The summed E-state index contributed by atoms with van der Waals surface area (Å²) in [6.45, 7) is 9.68. The molecule has 0 saturated heterocycles. The van der Waals surface area contributed by atoms with Gasteiger partial charge in [-0.1, -0.05) is 401 Å². The molecule has 0 aliphatic rings. The number of rotatable bonds is 84. The highest BCUT2D eigenvalue weighted by atomic mass is 31.2. The second kappa shape index (κ2) is 76.4. The van der Waals surface area contributed by atoms with E-state index >= 15 is 0 Å². The van der Waals surface area contributed by atoms with Crippen molar-refractivity contribution in [1.82, 2.24) is 0 Å². The summed E-state index contributed by atoms with van der Waals surface area (Å²) in [5.41, 5.74) is 0. The molecule has 0 bridgehead atoms. The molecule has 3 N–H and O–H groups in total. The fourth-order valence-corrected chi connectivity index (χ4v) is 14.8. The molecule has 0 amide bonds. The summed E-state index contributed by atoms with van der Waals surface area (Å²) in [4.78, 5) is 73.2. The van der Waals surface area contributed by atoms with E-state index in [0.29, 0.717) is 25.7 Å². The highest BCUT2D eigenvalue weighted by Crippen LogP contribution is 2.45. The first kappa shape index (κ1) is 102. The maximum atomic E-state index is 13.1. The van der Waals surface area contributed by atoms with E-state index < -0.39 is 97.5 Å². The van der Waals surface area contributed by atoms with Crippen LogP contribution in [-0.4, -0.2) is 96.7 Å². The van der Waals surface area contributed by atoms with Gasteiger partial charge in [-0.3, -0.25) is 37.3 Å². The Kier molecular flexibility index (Phi) is 75.0. The molecular formula is C85H166O17P2. The molecule has 618 valence electrons. The molecule has 0 rings (SSSR count). The van der Waals surface area contributed by atoms with E-state index in [2.05, 4.69) is 41.5 Å². The summed E-state index contributed by atoms with van der Waals surface area (Å²) >= 11 is 0. The smallest absolute Gasteiger partial charge is 0.462 e. The number of ether oxygens (including phenoxy) is 4. The molecule has 0 spiro atoms. The minimum atomic E-state index is -4.96. The molecule has 0 aliphatic carbocycles. The number of esters is 4. The molecule has 104 heavy (non-hydrogen) atoms. The number of phosphoric acid groups is 2. The summed E-state index contributed by atoms with van der Waals surface area (Å²) in [7, 11) is -9.93. The number of phosphoric ester groups is 2. The molecule has 17 nitrogen and oxygen atoms in total. The van der Waals surface area contributed by atoms with Crippen molar-refractivity contribution in [2.75, 3.05) is 39.6 Å². The molecule has 5 atom stereocenters. The summed E-state index contributed by atoms with van der Waals surface area (Å²) in [5, 5.41) is 10.7. The van der Waals surface area contributed by atoms with Gasteiger partial charge in [0.1, 0.15) is 19.3 Å². The van der Waals surface area contributed by atoms with Crippen LogP contribution in [0.15, 0.2) is 0 Å². The van der Waals surface area contributed by atoms with Crippen LogP contribution in [0.5, 0.6) is 0 Å². The molecule has 0 fully saturated rings. The predicted molar refractivity (Wildman–Crippen MR) is 428 cm³/mol. The molecule has 0 aromatic carbocycles. The number of hydrogen-bond donors (Lipinski definition) is 3. The SMILES string of the molecule is CCCCCCCCCCCCCCCCCCCCCCCCC(=O)O[C@H](COC(=O)CCCCCCCCCCCCCCC(C)C)COP(=O)(O)OC[C@@H](O)COP(=O)(O)OC[C@@H](COC(=O)CCCCCCCCCCCCCCC)OC(=O)CCCCCCCCCCCCCC(C)C. The van der Waals surface area contributed by atoms with Crippen molar-refractivity contribution in [2.24, 2.45) is 11.8 Å². The van der Waals surface area contributed by atoms with Gasteiger partial charge in [0, 0.05) is 25.7 Å². The van der Waals surface area contributed by atoms with Crippen molar-refractivity contribution >= 4 is 39.5 Å². The Labute approximate surface area is 638 Å². The van der Waals surface area contributed by atoms with E-state index in [9.17, 15) is 43.2 Å². The summed E-state index contributed by atoms with van der Waals surface area (Å²) in [5.74, 6) is -0.556. The van der Waals surface area contributed by atoms with Crippen molar-refractivity contribution in [1.29, 1.82) is 0 Å². The van der Waals surface area contributed by atoms with Crippen molar-refractivity contribution in [3.63, 3.8) is 0 Å². The van der Waals surface area contributed by atoms with E-state index in [1.54, 1.807) is 0 Å². The average Bonchev–Trinajstić information content (AvgIpc) is 0.905. The van der Waals surface area contributed by atoms with Crippen LogP contribution in [0.25, 0.3) is 0 Å². The Balaban J connectivity index is 5.23. The standard InChI is InChI=1S/C85H166O17P2/c1-7-9-11-13-15-17-19-21-22-23-24-25-26-27-28-29-31-39-45-51-57-63-69-84(89)101-80(73-96-83(88)68-62-56-50-44-38-33-32-35-41-47-53-59-65-77(3)4)75-99-103(91,92)97-71-79(86)72-98-104(93,94)100-76-81(74-95-82(87)67-61-55-49-43-37-30-20-18-16-14-12-10-8-2)102-85(90)70-64-58-52-46-40-34-36-42-48-54-60-66-78(5)6/h77-81,86H,7-76H2,1-6H3,(H,91,92)(H,93,94)/t79-,80-,81-/m1/s1. The van der Waals surface area contributed by atoms with E-state index in [0.717, 1.165) is 102 Å². The van der Waals surface area contributed by atoms with Gasteiger partial charge in [-0.2, -0.15) is 0 Å². The third-order valence-corrected chi connectivity index (χ3v) is 21.9. The van der Waals surface area contributed by atoms with Crippen molar-refractivity contribution in [2.45, 2.75) is 471 Å². The summed E-state index contributed by atoms with van der Waals surface area (Å²) < 4.78 is 68.9. The average molecular weight is 1520 g/mol. The third kappa shape index (κ3) is 78.2. The number of carbonyl (C=O) groups is 4. The fourth-order valence-electron chi connectivity index (χ4n) is 13.2. The largest absolute Gasteiger partial charge is 0.472 e. The van der Waals surface area contributed by atoms with Crippen molar-refractivity contribution in [3.05, 3.63) is 0 Å². The Morgan fingerprint density at radius 1 is 0.260 bits per heavy atom. The molecule has 0 saturated carbocycles. The van der Waals surface area contributed by atoms with Gasteiger partial charge in [0.05, 0.1) is 26.4 Å². The Morgan fingerprint density at radius 3 is 0.654 bits per heavy atom. The molecule has 0 aliphatic heterocycles. The molecule has 0 aromatic rings. The lowest BCUT2D eigenvalue weighted by atomic mass is 10.0. The zero-order valence-corrected chi connectivity index (χ0v) is 70.1. The predicted octanol–water partition coefficient (Wildman–Crippen LogP) is 25.8. The first-order valence-electron chi connectivity index (χ1n) is 44.0. The topological polar surface area (TPSA) is 237 Å². The van der Waals surface area contributed by atoms with Gasteiger partial charge < -0.3 is 33.8 Å². The minimum Gasteiger partial charge on any atom is -0.462 e. The van der Waals surface area contributed by atoms with Crippen LogP contribution in [0.2, 0.25) is 0 Å². The first-order chi connectivity index (χ1) is 50.4. The van der Waals surface area contributed by atoms with Crippen LogP contribution >= 0.6 is 15.6 Å². The number of hydrogen-bond acceptors (Lipinski definition) is 15. The van der Waals surface area contributed by atoms with Crippen LogP contribution in [0.4, 0.5) is 0 Å². The number of aliphatic hydroxyl groups excluding tert-OH is 1. The Hall–Kier alpha value is -1.94. The quantitative estimate of drug-likeness (QED) is 0.0222. The summed E-state index contributed by atoms with van der Waals surface area (Å²) in [6.07, 6.45) is 68.0. The normalized spacial score (nSPS) is 13.8. The molecule has 19 heteroatoms. The monoisotopic (exact) mass is 1520 g/mol. The van der Waals surface area contributed by atoms with E-state index in [1.807, 2.05) is 0 Å². The van der Waals surface area contributed by atoms with Crippen molar-refractivity contribution in [3.8, 4) is 0 Å². The van der Waals surface area contributed by atoms with Crippen LogP contribution in [0.1, 0.15) is 452 Å². The second-order valence-corrected chi connectivity index (χ2v) is 34.4. The van der Waals surface area contributed by atoms with Crippen LogP contribution < -0.4 is 0 Å². The highest BCUT2D eigenvalue weighted by molar-refractivity contribution is 7.47. The minimum absolute atomic E-state index is 0.107. The zero-order valence-electron chi connectivity index (χ0n) is 68.3. The Morgan fingerprint density at radius 2 is 0.442 bits per heavy atom. The lowest BCUT2D eigenvalue weighted by Crippen LogP contribution is -2.30. The number of aliphatic hydroxyl groups is 1. The molecule has 2 unspecified atom stereocenters. The van der Waals surface area contributed by atoms with Gasteiger partial charge in [0.25, 0.3) is 0 Å². The van der Waals surface area contributed by atoms with Crippen LogP contribution in [-0.2, 0) is 65.4 Å². The molecule has 0 aromatic heterocycles. The van der Waals surface area contributed by atoms with Gasteiger partial charge in [-0.25, -0.2) is 9.13 Å². The van der Waals surface area contributed by atoms with Crippen LogP contribution in [0.3, 0.4) is 0 Å². The fraction of sp³-hybridized carbons (Fsp3) is 0.953. The number of unbranched alkanes of at least 4 members (excludes halogenated alkanes) is 54. The second-order valence-electron chi connectivity index (χ2n) is 31.5. The van der Waals surface area contributed by atoms with Gasteiger partial charge in [0.2, 0.25) is 0 Å². The molecular weight excluding hydrogens is 1350 g/mol. The van der Waals surface area contributed by atoms with E-state index in [-0.39, 0.29) is 25.7 Å². The Bertz CT molecular complexity index is 1990. The first-order valence-corrected chi connectivity index (χ1v) is 47.0. The number of carbonyl (C=O) groups excluding carboxylic acids is 4. The van der Waals surface area contributed by atoms with Gasteiger partial charge in [-0.15, -0.1) is 0 Å². The molecule has 0 heterocycles. The van der Waals surface area contributed by atoms with Gasteiger partial charge in [-0.05, 0) is 37.5 Å². The maximum Gasteiger partial charge on any atom is 0.472 e. The zero-order chi connectivity index (χ0) is 76.4. The summed E-state index contributed by atoms with van der Waals surface area (Å²) in [6, 6.07) is 0. The van der Waals surface area contributed by atoms with E-state index in [1.165, 1.54) is 270 Å². The lowest BCUT2D eigenvalue weighted by molar-refractivity contribution is -0.161. The highest BCUT2D eigenvalue weighted by Gasteiger charge is 2.30. The van der Waals surface area contributed by atoms with Gasteiger partial charge >= 0.3 is 39.5 Å².